The Hall–Kier alpha value is -5.23. The normalized spacial score (nSPS) is 24.3. The number of phosphoric ester groups is 2. The second kappa shape index (κ2) is 60.3. The molecule has 17 atom stereocenters. The van der Waals surface area contributed by atoms with E-state index in [4.69, 9.17) is 46.5 Å². The van der Waals surface area contributed by atoms with Crippen LogP contribution in [0, 0.1) is 0 Å². The number of carbonyl (C=O) groups excluding carboxylic acids is 9. The monoisotopic (exact) mass is 1730 g/mol. The first-order valence-electron chi connectivity index (χ1n) is 40.4. The van der Waals surface area contributed by atoms with Crippen LogP contribution in [0.1, 0.15) is 175 Å². The minimum Gasteiger partial charge on any atom is -0.395 e. The Morgan fingerprint density at radius 3 is 0.803 bits per heavy atom. The molecule has 0 aliphatic carbocycles. The Bertz CT molecular complexity index is 2830. The molecule has 3 rings (SSSR count). The Balaban J connectivity index is 1.43. The van der Waals surface area contributed by atoms with Gasteiger partial charge in [-0.15, -0.1) is 0 Å². The molecule has 0 radical (unpaired) electrons. The largest absolute Gasteiger partial charge is 0.472 e. The summed E-state index contributed by atoms with van der Waals surface area (Å²) in [4.78, 5) is 138. The van der Waals surface area contributed by atoms with E-state index in [1.54, 1.807) is 0 Å². The predicted molar refractivity (Wildman–Crippen MR) is 411 cm³/mol. The summed E-state index contributed by atoms with van der Waals surface area (Å²) in [6, 6.07) is -3.22. The van der Waals surface area contributed by atoms with Gasteiger partial charge in [0, 0.05) is 138 Å². The van der Waals surface area contributed by atoms with Gasteiger partial charge < -0.3 is 141 Å². The van der Waals surface area contributed by atoms with Crippen LogP contribution >= 0.6 is 15.6 Å². The molecule has 3 heterocycles. The van der Waals surface area contributed by atoms with Crippen LogP contribution in [-0.2, 0) is 98.8 Å². The lowest BCUT2D eigenvalue weighted by Gasteiger charge is -2.42. The van der Waals surface area contributed by atoms with Gasteiger partial charge in [0.25, 0.3) is 0 Å². The van der Waals surface area contributed by atoms with Crippen molar-refractivity contribution in [3.05, 3.63) is 0 Å². The average molecular weight is 1730 g/mol. The SMILES string of the molecule is CC(=O)NC1C(OCCCCCC(=O)NCCCCCC(=O)N(CCO)CCOP(=O)(O)OCCN(CCOP(=O)(O)OCCN(CCO)C(=O)CCCCCNC(=O)CCCCCOC2OC(CO)C(O)C(O)C2NC(C)=O)C(=O)CCCCCNC(=O)CCCCCOC2OC(CO)C(O)C(O)C2NC(C)=O)OC(CO)C(O)C1O. The van der Waals surface area contributed by atoms with Crippen LogP contribution in [0.15, 0.2) is 0 Å². The molecule has 3 aliphatic rings. The van der Waals surface area contributed by atoms with Crippen LogP contribution in [0.2, 0.25) is 0 Å². The van der Waals surface area contributed by atoms with Crippen LogP contribution in [0.4, 0.5) is 0 Å². The fourth-order valence-corrected chi connectivity index (χ4v) is 14.2. The topological polar surface area (TPSA) is 625 Å². The molecule has 0 spiro atoms. The first-order chi connectivity index (χ1) is 55.8. The molecule has 3 aliphatic heterocycles. The van der Waals surface area contributed by atoms with Crippen molar-refractivity contribution in [3.63, 3.8) is 0 Å². The first-order valence-corrected chi connectivity index (χ1v) is 43.4. The predicted octanol–water partition coefficient (Wildman–Crippen LogP) is -3.68. The molecule has 3 fully saturated rings. The average Bonchev–Trinajstić information content (AvgIpc) is 0.818. The zero-order valence-corrected chi connectivity index (χ0v) is 69.4. The van der Waals surface area contributed by atoms with Crippen molar-refractivity contribution < 1.29 is 165 Å². The Morgan fingerprint density at radius 1 is 0.325 bits per heavy atom. The van der Waals surface area contributed by atoms with Crippen LogP contribution in [0.25, 0.3) is 0 Å². The second-order valence-corrected chi connectivity index (χ2v) is 31.6. The van der Waals surface area contributed by atoms with Gasteiger partial charge in [0.05, 0.1) is 59.5 Å². The maximum Gasteiger partial charge on any atom is 0.472 e. The summed E-state index contributed by atoms with van der Waals surface area (Å²) in [5, 5.41) is 126. The third-order valence-corrected chi connectivity index (χ3v) is 21.2. The number of unbranched alkanes of at least 4 members (excludes halogenated alkanes) is 12. The quantitative estimate of drug-likeness (QED) is 0.0206. The molecule has 0 aromatic rings. The third kappa shape index (κ3) is 43.9. The summed E-state index contributed by atoms with van der Waals surface area (Å²) >= 11 is 0. The zero-order chi connectivity index (χ0) is 86.7. The highest BCUT2D eigenvalue weighted by atomic mass is 31.2. The summed E-state index contributed by atoms with van der Waals surface area (Å²) in [7, 11) is -9.71. The van der Waals surface area contributed by atoms with Crippen LogP contribution in [0.5, 0.6) is 0 Å². The van der Waals surface area contributed by atoms with Gasteiger partial charge in [-0.05, 0) is 77.0 Å². The van der Waals surface area contributed by atoms with Crippen molar-refractivity contribution in [3.8, 4) is 0 Å². The maximum absolute atomic E-state index is 13.7. The number of ether oxygens (including phenoxy) is 6. The summed E-state index contributed by atoms with van der Waals surface area (Å²) in [6.07, 6.45) is -5.70. The molecule has 45 heteroatoms. The van der Waals surface area contributed by atoms with Gasteiger partial charge in [0.1, 0.15) is 73.1 Å². The highest BCUT2D eigenvalue weighted by molar-refractivity contribution is 7.47. The molecule has 680 valence electrons. The number of hydrogen-bond donors (Lipinski definition) is 19. The molecule has 3 saturated heterocycles. The van der Waals surface area contributed by atoms with E-state index in [1.807, 2.05) is 0 Å². The number of aliphatic hydroxyl groups excluding tert-OH is 11. The number of carbonyl (C=O) groups is 9. The fourth-order valence-electron chi connectivity index (χ4n) is 12.8. The van der Waals surface area contributed by atoms with Gasteiger partial charge in [-0.1, -0.05) is 38.5 Å². The molecule has 0 aromatic heterocycles. The minimum absolute atomic E-state index is 0.0499. The highest BCUT2D eigenvalue weighted by Gasteiger charge is 2.48. The van der Waals surface area contributed by atoms with Crippen molar-refractivity contribution in [2.24, 2.45) is 0 Å². The number of nitrogens with one attached hydrogen (secondary N) is 6. The van der Waals surface area contributed by atoms with E-state index in [0.29, 0.717) is 129 Å². The molecule has 43 nitrogen and oxygen atoms in total. The van der Waals surface area contributed by atoms with Gasteiger partial charge >= 0.3 is 15.6 Å². The molecule has 9 amide bonds. The van der Waals surface area contributed by atoms with E-state index in [0.717, 1.165) is 4.90 Å². The maximum atomic E-state index is 13.7. The number of aliphatic hydroxyl groups is 11. The zero-order valence-electron chi connectivity index (χ0n) is 67.6. The summed E-state index contributed by atoms with van der Waals surface area (Å²) in [5.41, 5.74) is 0. The van der Waals surface area contributed by atoms with Gasteiger partial charge in [-0.25, -0.2) is 9.13 Å². The van der Waals surface area contributed by atoms with Crippen molar-refractivity contribution >= 4 is 68.8 Å². The smallest absolute Gasteiger partial charge is 0.395 e. The van der Waals surface area contributed by atoms with Gasteiger partial charge in [0.2, 0.25) is 53.2 Å². The molecule has 17 unspecified atom stereocenters. The van der Waals surface area contributed by atoms with E-state index >= 15 is 0 Å². The number of rotatable bonds is 65. The Labute approximate surface area is 682 Å². The number of amides is 9. The van der Waals surface area contributed by atoms with E-state index in [1.165, 1.54) is 30.6 Å². The molecular weight excluding hydrogens is 1600 g/mol. The van der Waals surface area contributed by atoms with E-state index in [9.17, 15) is 118 Å². The molecular formula is C72H133N9O34P2. The van der Waals surface area contributed by atoms with Crippen molar-refractivity contribution in [1.82, 2.24) is 46.6 Å². The van der Waals surface area contributed by atoms with E-state index in [-0.39, 0.29) is 134 Å². The molecule has 19 N–H and O–H groups in total. The Morgan fingerprint density at radius 2 is 0.564 bits per heavy atom. The molecule has 0 bridgehead atoms. The van der Waals surface area contributed by atoms with Gasteiger partial charge in [0.15, 0.2) is 18.9 Å². The van der Waals surface area contributed by atoms with Crippen LogP contribution < -0.4 is 31.9 Å². The van der Waals surface area contributed by atoms with E-state index < -0.39 is 191 Å². The van der Waals surface area contributed by atoms with Crippen molar-refractivity contribution in [2.75, 3.05) is 138 Å². The molecule has 0 aromatic carbocycles. The highest BCUT2D eigenvalue weighted by Crippen LogP contribution is 2.44. The number of nitrogens with zero attached hydrogens (tertiary/aromatic N) is 3. The van der Waals surface area contributed by atoms with Crippen LogP contribution in [0.3, 0.4) is 0 Å². The standard InChI is InChI=1S/C72H133N9O34P2/c1-49(87)76-61-67(99)64(96)52(46-84)113-70(61)106-39-19-7-10-22-55(90)73-28-16-4-13-25-58(93)79(31-37-82)33-42-109-116(102,103)111-44-35-81(60(95)27-15-6-18-30-75-57(92)24-12-9-21-41-108-72-63(78-51(3)89)69(101)66(98)54(48-86)115-72)36-45-112-117(104,105)110-43-34-80(32-38-83)59(94)26-14-5-17-29-74-56(91)23-11-8-20-40-107-71-62(77-50(2)88)68(100)65(97)53(47-85)114-71/h52-54,61-72,82-86,96-101H,4-48H2,1-3H3,(H,73,90)(H,74,91)(H,75,92)(H,76,87)(H,77,88)(H,78,89)(H,102,103)(H,104,105). The lowest BCUT2D eigenvalue weighted by atomic mass is 9.97. The number of phosphoric acid groups is 2. The van der Waals surface area contributed by atoms with E-state index in [2.05, 4.69) is 31.9 Å². The lowest BCUT2D eigenvalue weighted by Crippen LogP contribution is -2.64. The molecule has 0 saturated carbocycles. The Kier molecular flexibility index (Phi) is 54.6. The van der Waals surface area contributed by atoms with Crippen molar-refractivity contribution in [2.45, 2.75) is 267 Å². The summed E-state index contributed by atoms with van der Waals surface area (Å²) in [6.45, 7) is -1.11. The van der Waals surface area contributed by atoms with Crippen molar-refractivity contribution in [1.29, 1.82) is 0 Å². The summed E-state index contributed by atoms with van der Waals surface area (Å²) < 4.78 is 80.7. The lowest BCUT2D eigenvalue weighted by molar-refractivity contribution is -0.270. The summed E-state index contributed by atoms with van der Waals surface area (Å²) in [5.74, 6) is -3.33. The van der Waals surface area contributed by atoms with Crippen LogP contribution in [-0.4, -0.2) is 364 Å². The first kappa shape index (κ1) is 106. The second-order valence-electron chi connectivity index (χ2n) is 28.7. The third-order valence-electron chi connectivity index (χ3n) is 19.2. The number of hydrogen-bond acceptors (Lipinski definition) is 32. The fraction of sp³-hybridized carbons (Fsp3) is 0.875. The van der Waals surface area contributed by atoms with Gasteiger partial charge in [-0.2, -0.15) is 0 Å². The minimum atomic E-state index is -4.86. The van der Waals surface area contributed by atoms with Gasteiger partial charge in [-0.3, -0.25) is 61.2 Å². The molecule has 117 heavy (non-hydrogen) atoms.